The summed E-state index contributed by atoms with van der Waals surface area (Å²) in [4.78, 5) is 11.3. The SMILES string of the molecule is COCCCNC1N[C@H](C(C)(C)C)NCC1C(O)N(CC(C)C)[C@@H]1CNC[C@H]([C@H](O)N2CCN(c3nccs3)CC2)C1. The lowest BCUT2D eigenvalue weighted by Gasteiger charge is -2.50. The van der Waals surface area contributed by atoms with Gasteiger partial charge in [0, 0.05) is 95.5 Å². The molecule has 0 aliphatic carbocycles. The number of piperazine rings is 1. The standard InChI is InChI=1S/C30H58N8O3S/c1-21(2)20-38(27(40)24-19-34-28(30(3,4)5)35-25(24)32-8-7-14-41-6)23-16-22(17-31-18-23)26(39)36-10-12-37(13-11-36)29-33-9-15-42-29/h9,15,21-28,31-32,34-35,39-40H,7-8,10-14,16-20H2,1-6H3/t22-,23+,24?,25?,26+,27?,28-/m1/s1. The van der Waals surface area contributed by atoms with Gasteiger partial charge in [0.2, 0.25) is 0 Å². The summed E-state index contributed by atoms with van der Waals surface area (Å²) < 4.78 is 5.27. The van der Waals surface area contributed by atoms with Gasteiger partial charge in [-0.05, 0) is 30.7 Å². The van der Waals surface area contributed by atoms with Crippen molar-refractivity contribution in [2.24, 2.45) is 23.2 Å². The fraction of sp³-hybridized carbons (Fsp3) is 0.900. The Hall–Kier alpha value is -0.930. The van der Waals surface area contributed by atoms with Gasteiger partial charge < -0.3 is 35.8 Å². The first-order valence-electron chi connectivity index (χ1n) is 16.0. The first kappa shape index (κ1) is 34.0. The van der Waals surface area contributed by atoms with Crippen LogP contribution in [0.2, 0.25) is 0 Å². The molecule has 4 heterocycles. The van der Waals surface area contributed by atoms with Crippen molar-refractivity contribution in [3.05, 3.63) is 11.6 Å². The van der Waals surface area contributed by atoms with Crippen LogP contribution in [0.5, 0.6) is 0 Å². The molecule has 7 atom stereocenters. The Balaban J connectivity index is 1.41. The lowest BCUT2D eigenvalue weighted by atomic mass is 9.87. The highest BCUT2D eigenvalue weighted by Gasteiger charge is 2.43. The van der Waals surface area contributed by atoms with E-state index in [2.05, 4.69) is 75.6 Å². The van der Waals surface area contributed by atoms with Crippen LogP contribution in [0, 0.1) is 23.2 Å². The largest absolute Gasteiger partial charge is 0.385 e. The normalized spacial score (nSPS) is 29.8. The van der Waals surface area contributed by atoms with E-state index >= 15 is 0 Å². The van der Waals surface area contributed by atoms with Crippen molar-refractivity contribution in [1.82, 2.24) is 36.1 Å². The third kappa shape index (κ3) is 9.06. The summed E-state index contributed by atoms with van der Waals surface area (Å²) in [6, 6.07) is 0.141. The van der Waals surface area contributed by atoms with Gasteiger partial charge in [-0.25, -0.2) is 4.98 Å². The second-order valence-corrected chi connectivity index (χ2v) is 14.8. The molecule has 3 saturated heterocycles. The molecule has 242 valence electrons. The summed E-state index contributed by atoms with van der Waals surface area (Å²) in [5.74, 6) is 0.478. The Morgan fingerprint density at radius 2 is 1.93 bits per heavy atom. The van der Waals surface area contributed by atoms with Gasteiger partial charge in [0.15, 0.2) is 5.13 Å². The van der Waals surface area contributed by atoms with Crippen LogP contribution >= 0.6 is 11.3 Å². The fourth-order valence-electron chi connectivity index (χ4n) is 6.67. The maximum atomic E-state index is 12.1. The molecule has 1 aromatic heterocycles. The second-order valence-electron chi connectivity index (χ2n) is 13.9. The van der Waals surface area contributed by atoms with E-state index in [1.807, 2.05) is 11.6 Å². The summed E-state index contributed by atoms with van der Waals surface area (Å²) in [5, 5.41) is 41.4. The maximum absolute atomic E-state index is 12.1. The number of aliphatic hydroxyl groups excluding tert-OH is 2. The predicted molar refractivity (Wildman–Crippen MR) is 170 cm³/mol. The van der Waals surface area contributed by atoms with Crippen molar-refractivity contribution in [2.75, 3.05) is 77.5 Å². The van der Waals surface area contributed by atoms with Crippen molar-refractivity contribution >= 4 is 16.5 Å². The number of anilines is 1. The Bertz CT molecular complexity index is 896. The van der Waals surface area contributed by atoms with Crippen LogP contribution in [0.3, 0.4) is 0 Å². The lowest BCUT2D eigenvalue weighted by molar-refractivity contribution is -0.112. The van der Waals surface area contributed by atoms with E-state index in [4.69, 9.17) is 4.74 Å². The summed E-state index contributed by atoms with van der Waals surface area (Å²) in [5.41, 5.74) is 0.0441. The number of hydrogen-bond acceptors (Lipinski definition) is 12. The lowest BCUT2D eigenvalue weighted by Crippen LogP contribution is -2.71. The molecular formula is C30H58N8O3S. The predicted octanol–water partition coefficient (Wildman–Crippen LogP) is 0.971. The van der Waals surface area contributed by atoms with Crippen LogP contribution < -0.4 is 26.2 Å². The average Bonchev–Trinajstić information content (AvgIpc) is 3.52. The zero-order valence-corrected chi connectivity index (χ0v) is 27.6. The van der Waals surface area contributed by atoms with Crippen molar-refractivity contribution in [2.45, 2.75) is 78.3 Å². The number of piperidine rings is 1. The number of nitrogens with one attached hydrogen (secondary N) is 4. The van der Waals surface area contributed by atoms with E-state index in [0.29, 0.717) is 12.5 Å². The number of hydrogen-bond donors (Lipinski definition) is 6. The maximum Gasteiger partial charge on any atom is 0.185 e. The molecule has 4 rings (SSSR count). The second kappa shape index (κ2) is 15.9. The number of aromatic nitrogens is 1. The number of ether oxygens (including phenoxy) is 1. The van der Waals surface area contributed by atoms with Crippen LogP contribution in [0.1, 0.15) is 47.5 Å². The molecular weight excluding hydrogens is 552 g/mol. The molecule has 0 bridgehead atoms. The number of methoxy groups -OCH3 is 1. The molecule has 0 amide bonds. The monoisotopic (exact) mass is 610 g/mol. The number of thiazole rings is 1. The van der Waals surface area contributed by atoms with Gasteiger partial charge in [-0.1, -0.05) is 34.6 Å². The Morgan fingerprint density at radius 1 is 1.17 bits per heavy atom. The zero-order chi connectivity index (χ0) is 30.3. The summed E-state index contributed by atoms with van der Waals surface area (Å²) in [7, 11) is 1.74. The molecule has 11 nitrogen and oxygen atoms in total. The molecule has 3 fully saturated rings. The van der Waals surface area contributed by atoms with Gasteiger partial charge in [0.25, 0.3) is 0 Å². The minimum Gasteiger partial charge on any atom is -0.385 e. The number of aliphatic hydroxyl groups is 2. The number of rotatable bonds is 13. The van der Waals surface area contributed by atoms with Crippen LogP contribution in [0.25, 0.3) is 0 Å². The molecule has 0 radical (unpaired) electrons. The summed E-state index contributed by atoms with van der Waals surface area (Å²) >= 11 is 1.67. The first-order chi connectivity index (χ1) is 20.1. The van der Waals surface area contributed by atoms with Crippen LogP contribution in [0.4, 0.5) is 5.13 Å². The van der Waals surface area contributed by atoms with Gasteiger partial charge in [-0.3, -0.25) is 15.1 Å². The molecule has 0 aromatic carbocycles. The van der Waals surface area contributed by atoms with Gasteiger partial charge in [-0.2, -0.15) is 0 Å². The third-order valence-electron chi connectivity index (χ3n) is 9.02. The first-order valence-corrected chi connectivity index (χ1v) is 16.9. The minimum atomic E-state index is -0.627. The van der Waals surface area contributed by atoms with E-state index in [1.165, 1.54) is 0 Å². The van der Waals surface area contributed by atoms with Crippen LogP contribution in [0.15, 0.2) is 11.6 Å². The van der Waals surface area contributed by atoms with Crippen molar-refractivity contribution in [3.8, 4) is 0 Å². The smallest absolute Gasteiger partial charge is 0.185 e. The van der Waals surface area contributed by atoms with Gasteiger partial charge in [0.1, 0.15) is 12.5 Å². The van der Waals surface area contributed by atoms with Crippen molar-refractivity contribution in [1.29, 1.82) is 0 Å². The van der Waals surface area contributed by atoms with E-state index in [1.54, 1.807) is 18.4 Å². The van der Waals surface area contributed by atoms with Gasteiger partial charge in [0.05, 0.1) is 12.3 Å². The Morgan fingerprint density at radius 3 is 2.57 bits per heavy atom. The van der Waals surface area contributed by atoms with E-state index in [9.17, 15) is 10.2 Å². The van der Waals surface area contributed by atoms with Gasteiger partial charge >= 0.3 is 0 Å². The molecule has 3 aliphatic heterocycles. The molecule has 1 aromatic rings. The quantitative estimate of drug-likeness (QED) is 0.142. The third-order valence-corrected chi connectivity index (χ3v) is 9.85. The van der Waals surface area contributed by atoms with Crippen molar-refractivity contribution in [3.63, 3.8) is 0 Å². The number of nitrogens with zero attached hydrogens (tertiary/aromatic N) is 4. The summed E-state index contributed by atoms with van der Waals surface area (Å²) in [6.07, 6.45) is 2.62. The van der Waals surface area contributed by atoms with E-state index in [0.717, 1.165) is 76.9 Å². The van der Waals surface area contributed by atoms with Crippen LogP contribution in [-0.2, 0) is 4.74 Å². The zero-order valence-electron chi connectivity index (χ0n) is 26.8. The highest BCUT2D eigenvalue weighted by Crippen LogP contribution is 2.29. The molecule has 0 spiro atoms. The highest BCUT2D eigenvalue weighted by atomic mass is 32.1. The Kier molecular flexibility index (Phi) is 12.8. The molecule has 42 heavy (non-hydrogen) atoms. The molecule has 0 saturated carbocycles. The van der Waals surface area contributed by atoms with E-state index in [-0.39, 0.29) is 35.6 Å². The molecule has 3 aliphatic rings. The minimum absolute atomic E-state index is 0.0240. The summed E-state index contributed by atoms with van der Waals surface area (Å²) in [6.45, 7) is 19.2. The Labute approximate surface area is 257 Å². The van der Waals surface area contributed by atoms with Crippen molar-refractivity contribution < 1.29 is 14.9 Å². The fourth-order valence-corrected chi connectivity index (χ4v) is 7.37. The topological polar surface area (TPSA) is 120 Å². The molecule has 12 heteroatoms. The highest BCUT2D eigenvalue weighted by molar-refractivity contribution is 7.13. The van der Waals surface area contributed by atoms with E-state index < -0.39 is 12.5 Å². The van der Waals surface area contributed by atoms with Gasteiger partial charge in [-0.15, -0.1) is 11.3 Å². The average molecular weight is 611 g/mol. The molecule has 3 unspecified atom stereocenters. The van der Waals surface area contributed by atoms with Crippen LogP contribution in [-0.4, -0.2) is 128 Å². The molecule has 6 N–H and O–H groups in total.